The Kier molecular flexibility index (Phi) is 1.58. The average Bonchev–Trinajstić information content (AvgIpc) is 2.87. The molecule has 3 rings (SSSR count). The number of halogens is 3. The van der Waals surface area contributed by atoms with Crippen molar-refractivity contribution in [3.63, 3.8) is 0 Å². The number of rotatable bonds is 1. The number of fused-ring (bicyclic) bond motifs is 1. The van der Waals surface area contributed by atoms with Gasteiger partial charge < -0.3 is 4.98 Å². The lowest BCUT2D eigenvalue weighted by Crippen LogP contribution is -1.81. The standard InChI is InChI=1S/C14H8F3N/c15-10-3-1-8(2-4-10)13-6-9-5-11(16)7-12(17)14(9)18-13/h1-7,18H/i1D,2D,3D,4D. The fourth-order valence-electron chi connectivity index (χ4n) is 1.73. The Morgan fingerprint density at radius 2 is 1.61 bits per heavy atom. The van der Waals surface area contributed by atoms with Crippen LogP contribution in [0.15, 0.2) is 42.4 Å². The fraction of sp³-hybridized carbons (Fsp3) is 0. The van der Waals surface area contributed by atoms with Gasteiger partial charge in [0.1, 0.15) is 17.5 Å². The van der Waals surface area contributed by atoms with E-state index in [1.165, 1.54) is 6.07 Å². The largest absolute Gasteiger partial charge is 0.352 e. The van der Waals surface area contributed by atoms with E-state index in [0.717, 1.165) is 6.07 Å². The molecule has 90 valence electrons. The van der Waals surface area contributed by atoms with Crippen LogP contribution < -0.4 is 0 Å². The molecule has 1 N–H and O–H groups in total. The summed E-state index contributed by atoms with van der Waals surface area (Å²) in [6.45, 7) is 0. The molecule has 0 saturated heterocycles. The zero-order chi connectivity index (χ0) is 16.2. The highest BCUT2D eigenvalue weighted by molar-refractivity contribution is 5.86. The van der Waals surface area contributed by atoms with Gasteiger partial charge in [-0.1, -0.05) is 0 Å². The van der Waals surface area contributed by atoms with Gasteiger partial charge in [-0.15, -0.1) is 0 Å². The first-order valence-corrected chi connectivity index (χ1v) is 5.05. The summed E-state index contributed by atoms with van der Waals surface area (Å²) in [4.78, 5) is 2.59. The van der Waals surface area contributed by atoms with Gasteiger partial charge in [0.25, 0.3) is 0 Å². The summed E-state index contributed by atoms with van der Waals surface area (Å²) in [7, 11) is 0. The van der Waals surface area contributed by atoms with Gasteiger partial charge in [-0.3, -0.25) is 0 Å². The average molecular weight is 251 g/mol. The zero-order valence-corrected chi connectivity index (χ0v) is 8.87. The first kappa shape index (κ1) is 7.26. The third-order valence-electron chi connectivity index (χ3n) is 2.51. The topological polar surface area (TPSA) is 15.8 Å². The number of aromatic nitrogens is 1. The Labute approximate surface area is 106 Å². The highest BCUT2D eigenvalue weighted by atomic mass is 19.1. The van der Waals surface area contributed by atoms with E-state index in [2.05, 4.69) is 4.98 Å². The van der Waals surface area contributed by atoms with Crippen molar-refractivity contribution in [3.8, 4) is 11.3 Å². The van der Waals surface area contributed by atoms with Gasteiger partial charge in [-0.2, -0.15) is 0 Å². The van der Waals surface area contributed by atoms with Crippen molar-refractivity contribution in [1.82, 2.24) is 4.98 Å². The molecule has 3 aromatic rings. The molecule has 1 aromatic heterocycles. The molecule has 0 aliphatic carbocycles. The second-order valence-electron chi connectivity index (χ2n) is 3.72. The summed E-state index contributed by atoms with van der Waals surface area (Å²) in [6.07, 6.45) is 0. The molecule has 0 amide bonds. The van der Waals surface area contributed by atoms with Crippen LogP contribution in [0.4, 0.5) is 13.2 Å². The minimum atomic E-state index is -1.26. The van der Waals surface area contributed by atoms with Crippen LogP contribution in [0.25, 0.3) is 22.2 Å². The van der Waals surface area contributed by atoms with E-state index in [4.69, 9.17) is 5.48 Å². The van der Waals surface area contributed by atoms with Crippen LogP contribution in [-0.2, 0) is 0 Å². The Morgan fingerprint density at radius 1 is 0.889 bits per heavy atom. The van der Waals surface area contributed by atoms with Crippen molar-refractivity contribution in [3.05, 3.63) is 59.8 Å². The maximum absolute atomic E-state index is 13.7. The number of aromatic amines is 1. The van der Waals surface area contributed by atoms with E-state index >= 15 is 0 Å². The SMILES string of the molecule is [2H]c1c([2H])c(-c2cc3cc(F)cc(F)c3[nH]2)c([2H])c([2H])c1F. The van der Waals surface area contributed by atoms with E-state index in [0.29, 0.717) is 6.07 Å². The molecule has 0 saturated carbocycles. The molecule has 0 spiro atoms. The molecule has 1 heterocycles. The van der Waals surface area contributed by atoms with Crippen molar-refractivity contribution < 1.29 is 18.7 Å². The van der Waals surface area contributed by atoms with Crippen LogP contribution in [0, 0.1) is 17.5 Å². The summed E-state index contributed by atoms with van der Waals surface area (Å²) in [5, 5.41) is 0.175. The third-order valence-corrected chi connectivity index (χ3v) is 2.51. The lowest BCUT2D eigenvalue weighted by atomic mass is 10.1. The smallest absolute Gasteiger partial charge is 0.150 e. The monoisotopic (exact) mass is 251 g/mol. The van der Waals surface area contributed by atoms with Gasteiger partial charge >= 0.3 is 0 Å². The van der Waals surface area contributed by atoms with E-state index in [1.54, 1.807) is 0 Å². The summed E-state index contributed by atoms with van der Waals surface area (Å²) < 4.78 is 70.9. The lowest BCUT2D eigenvalue weighted by Gasteiger charge is -1.96. The summed E-state index contributed by atoms with van der Waals surface area (Å²) >= 11 is 0. The molecule has 1 nitrogen and oxygen atoms in total. The number of nitrogens with one attached hydrogen (secondary N) is 1. The molecular weight excluding hydrogens is 239 g/mol. The maximum Gasteiger partial charge on any atom is 0.150 e. The summed E-state index contributed by atoms with van der Waals surface area (Å²) in [6, 6.07) is 0.226. The normalized spacial score (nSPS) is 14.2. The van der Waals surface area contributed by atoms with Crippen LogP contribution in [0.1, 0.15) is 5.48 Å². The Morgan fingerprint density at radius 3 is 2.33 bits per heavy atom. The molecule has 0 atom stereocenters. The molecule has 4 heteroatoms. The molecule has 2 aromatic carbocycles. The summed E-state index contributed by atoms with van der Waals surface area (Å²) in [5.74, 6) is -2.89. The van der Waals surface area contributed by atoms with E-state index in [9.17, 15) is 13.2 Å². The maximum atomic E-state index is 13.7. The number of hydrogen-bond donors (Lipinski definition) is 1. The molecular formula is C14H8F3N. The predicted molar refractivity (Wildman–Crippen MR) is 63.6 cm³/mol. The van der Waals surface area contributed by atoms with E-state index in [1.807, 2.05) is 0 Å². The molecule has 0 aliphatic rings. The van der Waals surface area contributed by atoms with E-state index in [-0.39, 0.29) is 22.2 Å². The highest BCUT2D eigenvalue weighted by Crippen LogP contribution is 2.26. The summed E-state index contributed by atoms with van der Waals surface area (Å²) in [5.41, 5.74) is -0.179. The van der Waals surface area contributed by atoms with Gasteiger partial charge in [0.2, 0.25) is 0 Å². The van der Waals surface area contributed by atoms with Crippen molar-refractivity contribution in [1.29, 1.82) is 0 Å². The minimum Gasteiger partial charge on any atom is -0.352 e. The Bertz CT molecular complexity index is 891. The Balaban J connectivity index is 2.35. The minimum absolute atomic E-state index is 0.0300. The second-order valence-corrected chi connectivity index (χ2v) is 3.72. The Hall–Kier alpha value is -2.23. The molecule has 0 radical (unpaired) electrons. The first-order valence-electron chi connectivity index (χ1n) is 7.05. The second kappa shape index (κ2) is 3.91. The van der Waals surface area contributed by atoms with Gasteiger partial charge in [0.15, 0.2) is 0 Å². The van der Waals surface area contributed by atoms with Crippen LogP contribution in [0.5, 0.6) is 0 Å². The van der Waals surface area contributed by atoms with Crippen LogP contribution in [0.3, 0.4) is 0 Å². The van der Waals surface area contributed by atoms with Gasteiger partial charge in [0.05, 0.1) is 11.0 Å². The molecule has 0 aliphatic heterocycles. The number of hydrogen-bond acceptors (Lipinski definition) is 0. The third kappa shape index (κ3) is 1.76. The van der Waals surface area contributed by atoms with Crippen molar-refractivity contribution >= 4 is 10.9 Å². The molecule has 18 heavy (non-hydrogen) atoms. The van der Waals surface area contributed by atoms with Crippen LogP contribution in [-0.4, -0.2) is 4.98 Å². The zero-order valence-electron chi connectivity index (χ0n) is 12.9. The van der Waals surface area contributed by atoms with Crippen molar-refractivity contribution in [2.24, 2.45) is 0 Å². The fourth-order valence-corrected chi connectivity index (χ4v) is 1.73. The quantitative estimate of drug-likeness (QED) is 0.665. The lowest BCUT2D eigenvalue weighted by molar-refractivity contribution is 0.591. The van der Waals surface area contributed by atoms with E-state index < -0.39 is 41.6 Å². The van der Waals surface area contributed by atoms with Crippen LogP contribution in [0.2, 0.25) is 0 Å². The van der Waals surface area contributed by atoms with Gasteiger partial charge in [-0.05, 0) is 41.9 Å². The predicted octanol–water partition coefficient (Wildman–Crippen LogP) is 4.25. The number of benzene rings is 2. The van der Waals surface area contributed by atoms with Gasteiger partial charge in [0, 0.05) is 17.1 Å². The van der Waals surface area contributed by atoms with Crippen molar-refractivity contribution in [2.75, 3.05) is 0 Å². The van der Waals surface area contributed by atoms with Gasteiger partial charge in [-0.25, -0.2) is 13.2 Å². The molecule has 0 bridgehead atoms. The van der Waals surface area contributed by atoms with Crippen LogP contribution >= 0.6 is 0 Å². The first-order chi connectivity index (χ1) is 10.3. The van der Waals surface area contributed by atoms with Crippen molar-refractivity contribution in [2.45, 2.75) is 0 Å². The highest BCUT2D eigenvalue weighted by Gasteiger charge is 2.09. The molecule has 0 unspecified atom stereocenters. The number of H-pyrrole nitrogens is 1. The molecule has 0 fully saturated rings.